The van der Waals surface area contributed by atoms with Gasteiger partial charge in [-0.15, -0.1) is 0 Å². The van der Waals surface area contributed by atoms with E-state index in [2.05, 4.69) is 10.1 Å². The third kappa shape index (κ3) is 4.08. The molecule has 0 aromatic heterocycles. The summed E-state index contributed by atoms with van der Waals surface area (Å²) in [4.78, 5) is 10.9. The van der Waals surface area contributed by atoms with Crippen molar-refractivity contribution in [3.8, 4) is 0 Å². The summed E-state index contributed by atoms with van der Waals surface area (Å²) in [6.07, 6.45) is 2.17. The number of nitrogens with one attached hydrogen (secondary N) is 1. The zero-order chi connectivity index (χ0) is 11.9. The Hall–Kier alpha value is -0.650. The Labute approximate surface area is 96.4 Å². The monoisotopic (exact) mass is 231 g/mol. The van der Waals surface area contributed by atoms with Crippen LogP contribution in [0.5, 0.6) is 0 Å². The molecule has 0 aromatic rings. The molecule has 0 amide bonds. The first-order chi connectivity index (χ1) is 7.72. The Morgan fingerprint density at radius 1 is 1.50 bits per heavy atom. The lowest BCUT2D eigenvalue weighted by Crippen LogP contribution is -2.43. The van der Waals surface area contributed by atoms with Gasteiger partial charge in [-0.05, 0) is 13.0 Å². The third-order valence-corrected chi connectivity index (χ3v) is 2.91. The number of esters is 1. The van der Waals surface area contributed by atoms with Crippen LogP contribution in [0.25, 0.3) is 0 Å². The van der Waals surface area contributed by atoms with E-state index < -0.39 is 0 Å². The molecule has 1 aliphatic heterocycles. The minimum atomic E-state index is -0.175. The van der Waals surface area contributed by atoms with Crippen LogP contribution in [0.2, 0.25) is 0 Å². The third-order valence-electron chi connectivity index (χ3n) is 2.91. The molecule has 0 bridgehead atoms. The van der Waals surface area contributed by atoms with E-state index in [9.17, 15) is 4.79 Å². The van der Waals surface area contributed by atoms with E-state index in [0.717, 1.165) is 32.5 Å². The number of ether oxygens (including phenoxy) is 3. The van der Waals surface area contributed by atoms with E-state index >= 15 is 0 Å². The van der Waals surface area contributed by atoms with Gasteiger partial charge in [-0.25, -0.2) is 0 Å². The highest BCUT2D eigenvalue weighted by molar-refractivity contribution is 5.69. The average Bonchev–Trinajstić information content (AvgIpc) is 2.77. The van der Waals surface area contributed by atoms with Crippen LogP contribution in [0, 0.1) is 0 Å². The summed E-state index contributed by atoms with van der Waals surface area (Å²) >= 11 is 0. The second-order valence-corrected chi connectivity index (χ2v) is 4.05. The molecule has 94 valence electrons. The van der Waals surface area contributed by atoms with Gasteiger partial charge >= 0.3 is 5.97 Å². The fourth-order valence-corrected chi connectivity index (χ4v) is 1.74. The maximum atomic E-state index is 10.9. The molecule has 5 nitrogen and oxygen atoms in total. The summed E-state index contributed by atoms with van der Waals surface area (Å²) in [5.74, 6) is -0.160. The highest BCUT2D eigenvalue weighted by Crippen LogP contribution is 2.21. The molecule has 1 atom stereocenters. The molecule has 1 fully saturated rings. The molecule has 0 aliphatic carbocycles. The van der Waals surface area contributed by atoms with Crippen molar-refractivity contribution in [3.63, 3.8) is 0 Å². The average molecular weight is 231 g/mol. The first-order valence-electron chi connectivity index (χ1n) is 5.63. The van der Waals surface area contributed by atoms with Crippen molar-refractivity contribution < 1.29 is 19.0 Å². The van der Waals surface area contributed by atoms with Crippen LogP contribution in [0.3, 0.4) is 0 Å². The zero-order valence-electron chi connectivity index (χ0n) is 10.1. The molecule has 0 aromatic carbocycles. The Bertz CT molecular complexity index is 214. The zero-order valence-corrected chi connectivity index (χ0v) is 10.1. The van der Waals surface area contributed by atoms with Crippen molar-refractivity contribution >= 4 is 5.97 Å². The predicted octanol–water partition coefficient (Wildman–Crippen LogP) is 0.335. The van der Waals surface area contributed by atoms with Crippen LogP contribution in [-0.4, -0.2) is 52.1 Å². The minimum Gasteiger partial charge on any atom is -0.469 e. The molecule has 1 saturated heterocycles. The number of hydrogen-bond acceptors (Lipinski definition) is 5. The largest absolute Gasteiger partial charge is 0.469 e. The van der Waals surface area contributed by atoms with E-state index in [1.165, 1.54) is 7.11 Å². The predicted molar refractivity (Wildman–Crippen MR) is 59.3 cm³/mol. The van der Waals surface area contributed by atoms with Crippen molar-refractivity contribution in [2.45, 2.75) is 24.9 Å². The van der Waals surface area contributed by atoms with Crippen LogP contribution in [0.1, 0.15) is 19.3 Å². The maximum absolute atomic E-state index is 10.9. The van der Waals surface area contributed by atoms with E-state index in [-0.39, 0.29) is 11.6 Å². The van der Waals surface area contributed by atoms with E-state index in [4.69, 9.17) is 9.47 Å². The number of carbonyl (C=O) groups is 1. The maximum Gasteiger partial charge on any atom is 0.305 e. The second-order valence-electron chi connectivity index (χ2n) is 4.05. The van der Waals surface area contributed by atoms with Crippen LogP contribution >= 0.6 is 0 Å². The smallest absolute Gasteiger partial charge is 0.305 e. The summed E-state index contributed by atoms with van der Waals surface area (Å²) < 4.78 is 15.4. The number of methoxy groups -OCH3 is 2. The standard InChI is InChI=1S/C11H21NO4/c1-14-10(13)4-3-6-12-8-11(15-2)5-7-16-9-11/h12H,3-9H2,1-2H3. The SMILES string of the molecule is COC(=O)CCCNCC1(OC)CCOC1. The van der Waals surface area contributed by atoms with Crippen LogP contribution in [0.4, 0.5) is 0 Å². The Kier molecular flexibility index (Phi) is 5.73. The molecule has 1 rings (SSSR count). The van der Waals surface area contributed by atoms with Crippen molar-refractivity contribution in [2.75, 3.05) is 40.5 Å². The molecule has 1 N–H and O–H groups in total. The first-order valence-corrected chi connectivity index (χ1v) is 5.63. The molecule has 0 radical (unpaired) electrons. The second kappa shape index (κ2) is 6.83. The highest BCUT2D eigenvalue weighted by atomic mass is 16.5. The minimum absolute atomic E-state index is 0.160. The molecule has 1 heterocycles. The van der Waals surface area contributed by atoms with Crippen LogP contribution in [-0.2, 0) is 19.0 Å². The van der Waals surface area contributed by atoms with Crippen molar-refractivity contribution in [1.29, 1.82) is 0 Å². The highest BCUT2D eigenvalue weighted by Gasteiger charge is 2.34. The summed E-state index contributed by atoms with van der Waals surface area (Å²) in [6.45, 7) is 2.97. The van der Waals surface area contributed by atoms with E-state index in [1.807, 2.05) is 0 Å². The van der Waals surface area contributed by atoms with Gasteiger partial charge in [0.25, 0.3) is 0 Å². The first kappa shape index (κ1) is 13.4. The lowest BCUT2D eigenvalue weighted by atomic mass is 10.0. The van der Waals surface area contributed by atoms with Gasteiger partial charge in [-0.2, -0.15) is 0 Å². The van der Waals surface area contributed by atoms with Gasteiger partial charge < -0.3 is 19.5 Å². The summed E-state index contributed by atoms with van der Waals surface area (Å²) in [5, 5.41) is 3.29. The van der Waals surface area contributed by atoms with Crippen molar-refractivity contribution in [3.05, 3.63) is 0 Å². The fraction of sp³-hybridized carbons (Fsp3) is 0.909. The summed E-state index contributed by atoms with van der Waals surface area (Å²) in [6, 6.07) is 0. The van der Waals surface area contributed by atoms with Crippen molar-refractivity contribution in [2.24, 2.45) is 0 Å². The van der Waals surface area contributed by atoms with Gasteiger partial charge in [0.05, 0.1) is 13.7 Å². The van der Waals surface area contributed by atoms with E-state index in [1.54, 1.807) is 7.11 Å². The van der Waals surface area contributed by atoms with Gasteiger partial charge in [0, 0.05) is 33.1 Å². The Morgan fingerprint density at radius 2 is 2.31 bits per heavy atom. The molecule has 16 heavy (non-hydrogen) atoms. The molecule has 5 heteroatoms. The number of rotatable bonds is 7. The number of carbonyl (C=O) groups excluding carboxylic acids is 1. The molecular formula is C11H21NO4. The Morgan fingerprint density at radius 3 is 2.88 bits per heavy atom. The van der Waals surface area contributed by atoms with Gasteiger partial charge in [-0.1, -0.05) is 0 Å². The lowest BCUT2D eigenvalue weighted by Gasteiger charge is -2.25. The van der Waals surface area contributed by atoms with Crippen LogP contribution in [0.15, 0.2) is 0 Å². The molecule has 0 spiro atoms. The van der Waals surface area contributed by atoms with Gasteiger partial charge in [-0.3, -0.25) is 4.79 Å². The molecule has 0 saturated carbocycles. The molecule has 1 aliphatic rings. The van der Waals surface area contributed by atoms with E-state index in [0.29, 0.717) is 13.0 Å². The van der Waals surface area contributed by atoms with Crippen LogP contribution < -0.4 is 5.32 Å². The fourth-order valence-electron chi connectivity index (χ4n) is 1.74. The van der Waals surface area contributed by atoms with Gasteiger partial charge in [0.15, 0.2) is 0 Å². The Balaban J connectivity index is 2.07. The summed E-state index contributed by atoms with van der Waals surface area (Å²) in [5.41, 5.74) is -0.175. The topological polar surface area (TPSA) is 56.8 Å². The normalized spacial score (nSPS) is 24.6. The molecule has 1 unspecified atom stereocenters. The quantitative estimate of drug-likeness (QED) is 0.505. The summed E-state index contributed by atoms with van der Waals surface area (Å²) in [7, 11) is 3.12. The van der Waals surface area contributed by atoms with Gasteiger partial charge in [0.2, 0.25) is 0 Å². The molecular weight excluding hydrogens is 210 g/mol. The number of hydrogen-bond donors (Lipinski definition) is 1. The van der Waals surface area contributed by atoms with Crippen molar-refractivity contribution in [1.82, 2.24) is 5.32 Å². The van der Waals surface area contributed by atoms with Gasteiger partial charge in [0.1, 0.15) is 5.60 Å². The lowest BCUT2D eigenvalue weighted by molar-refractivity contribution is -0.140.